The number of fused-ring (bicyclic) bond motifs is 1. The van der Waals surface area contributed by atoms with E-state index in [9.17, 15) is 4.21 Å². The number of hydrogen-bond donors (Lipinski definition) is 1. The first-order valence-electron chi connectivity index (χ1n) is 6.14. The molecule has 0 spiro atoms. The van der Waals surface area contributed by atoms with E-state index in [1.807, 2.05) is 12.1 Å². The number of hydroxylamine groups is 1. The summed E-state index contributed by atoms with van der Waals surface area (Å²) in [6.07, 6.45) is 0.685. The van der Waals surface area contributed by atoms with Crippen LogP contribution in [0.15, 0.2) is 46.9 Å². The fourth-order valence-electron chi connectivity index (χ4n) is 2.21. The maximum absolute atomic E-state index is 11.0. The quantitative estimate of drug-likeness (QED) is 0.936. The monoisotopic (exact) mass is 274 g/mol. The van der Waals surface area contributed by atoms with E-state index in [2.05, 4.69) is 47.1 Å². The van der Waals surface area contributed by atoms with Crippen molar-refractivity contribution in [2.45, 2.75) is 19.3 Å². The molecular formula is C14H14N2O2S. The Morgan fingerprint density at radius 2 is 2.05 bits per heavy atom. The third kappa shape index (κ3) is 2.67. The van der Waals surface area contributed by atoms with E-state index in [1.54, 1.807) is 0 Å². The van der Waals surface area contributed by atoms with Gasteiger partial charge in [0.25, 0.3) is 0 Å². The summed E-state index contributed by atoms with van der Waals surface area (Å²) >= 11 is -1.57. The summed E-state index contributed by atoms with van der Waals surface area (Å²) in [5.74, 6) is 0.925. The molecule has 0 amide bonds. The van der Waals surface area contributed by atoms with Crippen molar-refractivity contribution < 1.29 is 8.49 Å². The lowest BCUT2D eigenvalue weighted by molar-refractivity contribution is 0.302. The van der Waals surface area contributed by atoms with Crippen LogP contribution < -0.4 is 5.48 Å². The molecule has 0 saturated carbocycles. The van der Waals surface area contributed by atoms with Gasteiger partial charge in [0.1, 0.15) is 5.84 Å². The van der Waals surface area contributed by atoms with Crippen LogP contribution in [-0.2, 0) is 15.6 Å². The number of rotatable bonds is 3. The normalized spacial score (nSPS) is 20.1. The average molecular weight is 274 g/mol. The second-order valence-electron chi connectivity index (χ2n) is 4.65. The fraction of sp³-hybridized carbons (Fsp3) is 0.214. The van der Waals surface area contributed by atoms with Crippen LogP contribution >= 0.6 is 0 Å². The van der Waals surface area contributed by atoms with Crippen molar-refractivity contribution in [3.63, 3.8) is 0 Å². The minimum absolute atomic E-state index is 0.287. The first-order valence-corrected chi connectivity index (χ1v) is 7.17. The molecule has 2 aromatic carbocycles. The molecule has 2 atom stereocenters. The van der Waals surface area contributed by atoms with Gasteiger partial charge in [-0.1, -0.05) is 49.4 Å². The fourth-order valence-corrected chi connectivity index (χ4v) is 2.71. The third-order valence-corrected chi connectivity index (χ3v) is 3.85. The molecule has 0 radical (unpaired) electrons. The highest BCUT2D eigenvalue weighted by Crippen LogP contribution is 2.24. The summed E-state index contributed by atoms with van der Waals surface area (Å²) in [5.41, 5.74) is 3.83. The van der Waals surface area contributed by atoms with Gasteiger partial charge in [0.2, 0.25) is 0 Å². The van der Waals surface area contributed by atoms with E-state index in [4.69, 9.17) is 4.28 Å². The molecule has 0 saturated heterocycles. The first kappa shape index (κ1) is 12.3. The summed E-state index contributed by atoms with van der Waals surface area (Å²) in [6.45, 7) is 2.12. The molecule has 0 aliphatic carbocycles. The molecular weight excluding hydrogens is 260 g/mol. The van der Waals surface area contributed by atoms with Gasteiger partial charge in [0.15, 0.2) is 0 Å². The van der Waals surface area contributed by atoms with Gasteiger partial charge >= 0.3 is 11.3 Å². The van der Waals surface area contributed by atoms with Crippen LogP contribution in [0.1, 0.15) is 24.8 Å². The summed E-state index contributed by atoms with van der Waals surface area (Å²) in [6, 6.07) is 14.7. The predicted molar refractivity (Wildman–Crippen MR) is 76.8 cm³/mol. The summed E-state index contributed by atoms with van der Waals surface area (Å²) < 4.78 is 19.5. The Morgan fingerprint density at radius 1 is 1.26 bits per heavy atom. The predicted octanol–water partition coefficient (Wildman–Crippen LogP) is 2.85. The maximum Gasteiger partial charge on any atom is 0.309 e. The van der Waals surface area contributed by atoms with Crippen molar-refractivity contribution in [1.82, 2.24) is 5.48 Å². The van der Waals surface area contributed by atoms with Crippen molar-refractivity contribution in [3.8, 4) is 0 Å². The summed E-state index contributed by atoms with van der Waals surface area (Å²) in [4.78, 5) is 0. The van der Waals surface area contributed by atoms with E-state index in [0.717, 1.165) is 0 Å². The minimum Gasteiger partial charge on any atom is -0.235 e. The molecule has 98 valence electrons. The molecule has 3 rings (SSSR count). The van der Waals surface area contributed by atoms with Crippen molar-refractivity contribution in [2.24, 2.45) is 4.40 Å². The van der Waals surface area contributed by atoms with Crippen LogP contribution in [0.3, 0.4) is 0 Å². The van der Waals surface area contributed by atoms with Crippen molar-refractivity contribution in [2.75, 3.05) is 0 Å². The Kier molecular flexibility index (Phi) is 3.31. The van der Waals surface area contributed by atoms with E-state index in [-0.39, 0.29) is 5.92 Å². The third-order valence-electron chi connectivity index (χ3n) is 3.26. The van der Waals surface area contributed by atoms with E-state index in [0.29, 0.717) is 12.3 Å². The van der Waals surface area contributed by atoms with Gasteiger partial charge in [0.05, 0.1) is 0 Å². The highest BCUT2D eigenvalue weighted by atomic mass is 32.2. The van der Waals surface area contributed by atoms with Gasteiger partial charge in [-0.2, -0.15) is 4.28 Å². The van der Waals surface area contributed by atoms with Gasteiger partial charge in [-0.25, -0.2) is 9.69 Å². The van der Waals surface area contributed by atoms with Gasteiger partial charge in [-0.05, 0) is 22.3 Å². The van der Waals surface area contributed by atoms with Crippen molar-refractivity contribution >= 4 is 27.9 Å². The standard InChI is InChI=1S/C14H14N2O2S/c1-10(8-14-15-18-19(17)16-14)12-7-6-11-4-2-3-5-13(11)9-12/h2-7,9-10H,8H2,1H3,(H,15,16)/t10-,19?/m1/s1. The molecule has 0 bridgehead atoms. The Labute approximate surface area is 114 Å². The number of nitrogens with zero attached hydrogens (tertiary/aromatic N) is 1. The Bertz CT molecular complexity index is 669. The SMILES string of the molecule is C[C@H](CC1=NS(=O)ON1)c1ccc2ccccc2c1. The van der Waals surface area contributed by atoms with Gasteiger partial charge in [0, 0.05) is 6.42 Å². The van der Waals surface area contributed by atoms with Crippen LogP contribution in [0.25, 0.3) is 10.8 Å². The molecule has 0 fully saturated rings. The maximum atomic E-state index is 11.0. The molecule has 1 aliphatic rings. The zero-order valence-electron chi connectivity index (χ0n) is 10.5. The lowest BCUT2D eigenvalue weighted by atomic mass is 9.95. The van der Waals surface area contributed by atoms with Crippen LogP contribution in [0, 0.1) is 0 Å². The highest BCUT2D eigenvalue weighted by Gasteiger charge is 2.17. The lowest BCUT2D eigenvalue weighted by Gasteiger charge is -2.12. The van der Waals surface area contributed by atoms with Gasteiger partial charge in [-0.15, -0.1) is 4.40 Å². The molecule has 4 nitrogen and oxygen atoms in total. The molecule has 1 unspecified atom stereocenters. The van der Waals surface area contributed by atoms with Crippen molar-refractivity contribution in [3.05, 3.63) is 48.0 Å². The summed E-state index contributed by atoms with van der Waals surface area (Å²) in [7, 11) is 0. The Balaban J connectivity index is 1.83. The van der Waals surface area contributed by atoms with E-state index < -0.39 is 11.3 Å². The van der Waals surface area contributed by atoms with Crippen LogP contribution in [0.4, 0.5) is 0 Å². The average Bonchev–Trinajstić information content (AvgIpc) is 2.83. The largest absolute Gasteiger partial charge is 0.309 e. The molecule has 1 heterocycles. The summed E-state index contributed by atoms with van der Waals surface area (Å²) in [5, 5.41) is 2.47. The second-order valence-corrected chi connectivity index (χ2v) is 5.44. The van der Waals surface area contributed by atoms with Crippen LogP contribution in [0.2, 0.25) is 0 Å². The number of hydrogen-bond acceptors (Lipinski definition) is 3. The molecule has 5 heteroatoms. The molecule has 2 aromatic rings. The van der Waals surface area contributed by atoms with Crippen molar-refractivity contribution in [1.29, 1.82) is 0 Å². The smallest absolute Gasteiger partial charge is 0.235 e. The number of benzene rings is 2. The number of nitrogens with one attached hydrogen (secondary N) is 1. The lowest BCUT2D eigenvalue weighted by Crippen LogP contribution is -2.18. The Hall–Kier alpha value is -1.72. The first-order chi connectivity index (χ1) is 9.22. The zero-order valence-corrected chi connectivity index (χ0v) is 11.3. The second kappa shape index (κ2) is 5.11. The van der Waals surface area contributed by atoms with Crippen LogP contribution in [-0.4, -0.2) is 10.0 Å². The number of amidine groups is 1. The Morgan fingerprint density at radius 3 is 2.79 bits per heavy atom. The topological polar surface area (TPSA) is 50.7 Å². The molecule has 0 aromatic heterocycles. The zero-order chi connectivity index (χ0) is 13.2. The molecule has 19 heavy (non-hydrogen) atoms. The van der Waals surface area contributed by atoms with Crippen LogP contribution in [0.5, 0.6) is 0 Å². The highest BCUT2D eigenvalue weighted by molar-refractivity contribution is 7.79. The van der Waals surface area contributed by atoms with E-state index in [1.165, 1.54) is 16.3 Å². The molecule has 1 aliphatic heterocycles. The van der Waals surface area contributed by atoms with Gasteiger partial charge < -0.3 is 0 Å². The van der Waals surface area contributed by atoms with E-state index >= 15 is 0 Å². The minimum atomic E-state index is -1.57. The van der Waals surface area contributed by atoms with Gasteiger partial charge in [-0.3, -0.25) is 0 Å². The molecule has 1 N–H and O–H groups in total.